The van der Waals surface area contributed by atoms with Crippen molar-refractivity contribution in [3.63, 3.8) is 0 Å². The molecular weight excluding hydrogens is 200 g/mol. The second-order valence-electron chi connectivity index (χ2n) is 3.04. The Morgan fingerprint density at radius 2 is 1.82 bits per heavy atom. The van der Waals surface area contributed by atoms with E-state index < -0.39 is 0 Å². The third kappa shape index (κ3) is 1.34. The fraction of sp³-hybridized carbons (Fsp3) is 0.400. The molecule has 0 nitrogen and oxygen atoms in total. The molecule has 0 saturated heterocycles. The van der Waals surface area contributed by atoms with Gasteiger partial charge in [0.25, 0.3) is 0 Å². The van der Waals surface area contributed by atoms with Gasteiger partial charge in [0.05, 0.1) is 4.83 Å². The lowest BCUT2D eigenvalue weighted by Gasteiger charge is -2.21. The standard InChI is InChI=1S/C10H11Br/c11-10-7-3-5-8-4-1-2-6-9(8)10/h1-3,7,10H,4-6H2. The molecule has 0 bridgehead atoms. The molecular formula is C10H11Br. The Morgan fingerprint density at radius 1 is 1.09 bits per heavy atom. The first kappa shape index (κ1) is 7.35. The van der Waals surface area contributed by atoms with Crippen molar-refractivity contribution in [1.82, 2.24) is 0 Å². The number of rotatable bonds is 0. The van der Waals surface area contributed by atoms with Gasteiger partial charge in [-0.25, -0.2) is 0 Å². The Hall–Kier alpha value is -0.300. The van der Waals surface area contributed by atoms with Crippen LogP contribution in [0.3, 0.4) is 0 Å². The molecule has 1 heteroatoms. The van der Waals surface area contributed by atoms with Crippen LogP contribution in [0, 0.1) is 0 Å². The molecule has 0 aromatic heterocycles. The molecule has 0 aromatic rings. The molecule has 2 aliphatic rings. The van der Waals surface area contributed by atoms with Crippen molar-refractivity contribution in [2.45, 2.75) is 24.1 Å². The molecule has 0 aliphatic heterocycles. The third-order valence-corrected chi connectivity index (χ3v) is 3.18. The first-order valence-electron chi connectivity index (χ1n) is 4.04. The molecule has 0 amide bonds. The zero-order valence-electron chi connectivity index (χ0n) is 6.39. The van der Waals surface area contributed by atoms with Crippen LogP contribution in [-0.4, -0.2) is 4.83 Å². The molecule has 58 valence electrons. The van der Waals surface area contributed by atoms with Gasteiger partial charge in [-0.2, -0.15) is 0 Å². The maximum absolute atomic E-state index is 3.65. The Kier molecular flexibility index (Phi) is 1.99. The Labute approximate surface area is 75.8 Å². The average molecular weight is 211 g/mol. The van der Waals surface area contributed by atoms with E-state index in [1.54, 1.807) is 11.1 Å². The normalized spacial score (nSPS) is 29.0. The van der Waals surface area contributed by atoms with Crippen LogP contribution < -0.4 is 0 Å². The van der Waals surface area contributed by atoms with Crippen LogP contribution in [0.1, 0.15) is 19.3 Å². The van der Waals surface area contributed by atoms with E-state index in [0.717, 1.165) is 6.42 Å². The van der Waals surface area contributed by atoms with Crippen LogP contribution >= 0.6 is 15.9 Å². The zero-order chi connectivity index (χ0) is 7.68. The largest absolute Gasteiger partial charge is 0.0841 e. The molecule has 0 heterocycles. The van der Waals surface area contributed by atoms with E-state index in [4.69, 9.17) is 0 Å². The highest BCUT2D eigenvalue weighted by molar-refractivity contribution is 9.09. The summed E-state index contributed by atoms with van der Waals surface area (Å²) in [6, 6.07) is 0. The summed E-state index contributed by atoms with van der Waals surface area (Å²) in [4.78, 5) is 0.510. The van der Waals surface area contributed by atoms with Crippen molar-refractivity contribution in [3.05, 3.63) is 35.5 Å². The van der Waals surface area contributed by atoms with E-state index in [2.05, 4.69) is 40.2 Å². The Balaban J connectivity index is 2.25. The lowest BCUT2D eigenvalue weighted by molar-refractivity contribution is 0.930. The highest BCUT2D eigenvalue weighted by Crippen LogP contribution is 2.32. The number of alkyl halides is 1. The van der Waals surface area contributed by atoms with Crippen molar-refractivity contribution in [2.24, 2.45) is 0 Å². The fourth-order valence-electron chi connectivity index (χ4n) is 1.68. The minimum absolute atomic E-state index is 0.510. The minimum atomic E-state index is 0.510. The monoisotopic (exact) mass is 210 g/mol. The molecule has 0 N–H and O–H groups in total. The average Bonchev–Trinajstić information content (AvgIpc) is 2.06. The smallest absolute Gasteiger partial charge is 0.0541 e. The van der Waals surface area contributed by atoms with Gasteiger partial charge in [-0.3, -0.25) is 0 Å². The second-order valence-corrected chi connectivity index (χ2v) is 4.03. The van der Waals surface area contributed by atoms with Gasteiger partial charge < -0.3 is 0 Å². The maximum Gasteiger partial charge on any atom is 0.0541 e. The predicted octanol–water partition coefficient (Wildman–Crippen LogP) is 3.36. The van der Waals surface area contributed by atoms with Crippen molar-refractivity contribution in [1.29, 1.82) is 0 Å². The summed E-state index contributed by atoms with van der Waals surface area (Å²) >= 11 is 3.65. The van der Waals surface area contributed by atoms with Crippen LogP contribution in [0.2, 0.25) is 0 Å². The minimum Gasteiger partial charge on any atom is -0.0841 e. The van der Waals surface area contributed by atoms with Crippen LogP contribution in [-0.2, 0) is 0 Å². The van der Waals surface area contributed by atoms with Gasteiger partial charge >= 0.3 is 0 Å². The summed E-state index contributed by atoms with van der Waals surface area (Å²) in [6.07, 6.45) is 12.5. The summed E-state index contributed by atoms with van der Waals surface area (Å²) in [7, 11) is 0. The molecule has 0 saturated carbocycles. The molecule has 0 aromatic carbocycles. The highest BCUT2D eigenvalue weighted by atomic mass is 79.9. The van der Waals surface area contributed by atoms with Gasteiger partial charge in [-0.15, -0.1) is 0 Å². The van der Waals surface area contributed by atoms with Gasteiger partial charge in [0.15, 0.2) is 0 Å². The van der Waals surface area contributed by atoms with E-state index in [1.165, 1.54) is 12.8 Å². The summed E-state index contributed by atoms with van der Waals surface area (Å²) < 4.78 is 0. The third-order valence-electron chi connectivity index (χ3n) is 2.32. The summed E-state index contributed by atoms with van der Waals surface area (Å²) in [5.74, 6) is 0. The van der Waals surface area contributed by atoms with Gasteiger partial charge in [0.2, 0.25) is 0 Å². The molecule has 1 atom stereocenters. The summed E-state index contributed by atoms with van der Waals surface area (Å²) in [6.45, 7) is 0. The van der Waals surface area contributed by atoms with Crippen molar-refractivity contribution >= 4 is 15.9 Å². The van der Waals surface area contributed by atoms with E-state index >= 15 is 0 Å². The van der Waals surface area contributed by atoms with Crippen molar-refractivity contribution in [2.75, 3.05) is 0 Å². The van der Waals surface area contributed by atoms with Crippen LogP contribution in [0.25, 0.3) is 0 Å². The van der Waals surface area contributed by atoms with Gasteiger partial charge in [0.1, 0.15) is 0 Å². The molecule has 0 fully saturated rings. The van der Waals surface area contributed by atoms with E-state index in [-0.39, 0.29) is 0 Å². The van der Waals surface area contributed by atoms with Crippen LogP contribution in [0.4, 0.5) is 0 Å². The van der Waals surface area contributed by atoms with Gasteiger partial charge in [0, 0.05) is 0 Å². The number of hydrogen-bond donors (Lipinski definition) is 0. The SMILES string of the molecule is BrC1C=CCC2=C1CC=CC2. The van der Waals surface area contributed by atoms with Crippen molar-refractivity contribution < 1.29 is 0 Å². The number of allylic oxidation sites excluding steroid dienone is 6. The molecule has 0 radical (unpaired) electrons. The van der Waals surface area contributed by atoms with Crippen LogP contribution in [0.5, 0.6) is 0 Å². The lowest BCUT2D eigenvalue weighted by atomic mass is 9.89. The molecule has 2 rings (SSSR count). The summed E-state index contributed by atoms with van der Waals surface area (Å²) in [5.41, 5.74) is 3.21. The van der Waals surface area contributed by atoms with E-state index in [9.17, 15) is 0 Å². The summed E-state index contributed by atoms with van der Waals surface area (Å²) in [5, 5.41) is 0. The first-order chi connectivity index (χ1) is 5.38. The number of hydrogen-bond acceptors (Lipinski definition) is 0. The molecule has 1 unspecified atom stereocenters. The Bertz CT molecular complexity index is 242. The number of halogens is 1. The van der Waals surface area contributed by atoms with E-state index in [1.807, 2.05) is 0 Å². The lowest BCUT2D eigenvalue weighted by Crippen LogP contribution is -2.08. The highest BCUT2D eigenvalue weighted by Gasteiger charge is 2.16. The zero-order valence-corrected chi connectivity index (χ0v) is 7.97. The van der Waals surface area contributed by atoms with Gasteiger partial charge in [-0.1, -0.05) is 45.8 Å². The van der Waals surface area contributed by atoms with Crippen molar-refractivity contribution in [3.8, 4) is 0 Å². The van der Waals surface area contributed by atoms with Gasteiger partial charge in [-0.05, 0) is 24.8 Å². The maximum atomic E-state index is 3.65. The second kappa shape index (κ2) is 2.98. The Morgan fingerprint density at radius 3 is 2.64 bits per heavy atom. The molecule has 0 spiro atoms. The molecule has 2 aliphatic carbocycles. The quantitative estimate of drug-likeness (QED) is 0.425. The first-order valence-corrected chi connectivity index (χ1v) is 4.96. The topological polar surface area (TPSA) is 0 Å². The predicted molar refractivity (Wildman–Crippen MR) is 51.9 cm³/mol. The molecule has 11 heavy (non-hydrogen) atoms. The fourth-order valence-corrected chi connectivity index (χ4v) is 2.41. The van der Waals surface area contributed by atoms with E-state index in [0.29, 0.717) is 4.83 Å². The van der Waals surface area contributed by atoms with Crippen LogP contribution in [0.15, 0.2) is 35.5 Å².